The predicted octanol–water partition coefficient (Wildman–Crippen LogP) is 0.880. The summed E-state index contributed by atoms with van der Waals surface area (Å²) in [5.74, 6) is -0.215. The van der Waals surface area contributed by atoms with Gasteiger partial charge >= 0.3 is 5.82 Å². The van der Waals surface area contributed by atoms with E-state index in [2.05, 4.69) is 4.98 Å². The summed E-state index contributed by atoms with van der Waals surface area (Å²) in [7, 11) is 0. The third kappa shape index (κ3) is 1.43. The normalized spacial score (nSPS) is 9.55. The molecule has 0 amide bonds. The largest absolute Gasteiger partial charge is 0.398 e. The molecule has 0 aliphatic heterocycles. The highest BCUT2D eigenvalue weighted by Crippen LogP contribution is 2.14. The van der Waals surface area contributed by atoms with Crippen LogP contribution in [0.1, 0.15) is 5.56 Å². The molecule has 11 heavy (non-hydrogen) atoms. The summed E-state index contributed by atoms with van der Waals surface area (Å²) < 4.78 is 0. The van der Waals surface area contributed by atoms with Crippen molar-refractivity contribution in [3.05, 3.63) is 27.9 Å². The van der Waals surface area contributed by atoms with Crippen LogP contribution in [0, 0.1) is 17.0 Å². The van der Waals surface area contributed by atoms with E-state index in [4.69, 9.17) is 5.73 Å². The standard InChI is InChI=1S/C6H7N3O2/c1-4-3-8-6(9(10)11)2-5(4)7/h2-3H,1H3,(H2,7,8). The fourth-order valence-electron chi connectivity index (χ4n) is 0.628. The Morgan fingerprint density at radius 2 is 2.36 bits per heavy atom. The summed E-state index contributed by atoms with van der Waals surface area (Å²) in [4.78, 5) is 13.1. The molecule has 0 fully saturated rings. The van der Waals surface area contributed by atoms with Crippen molar-refractivity contribution < 1.29 is 4.92 Å². The lowest BCUT2D eigenvalue weighted by Crippen LogP contribution is -1.96. The summed E-state index contributed by atoms with van der Waals surface area (Å²) in [6.07, 6.45) is 1.38. The number of aromatic nitrogens is 1. The first-order chi connectivity index (χ1) is 5.11. The number of nitrogens with zero attached hydrogens (tertiary/aromatic N) is 2. The summed E-state index contributed by atoms with van der Waals surface area (Å²) in [5.41, 5.74) is 6.56. The highest BCUT2D eigenvalue weighted by molar-refractivity contribution is 5.48. The quantitative estimate of drug-likeness (QED) is 0.479. The molecule has 5 heteroatoms. The van der Waals surface area contributed by atoms with Crippen LogP contribution >= 0.6 is 0 Å². The van der Waals surface area contributed by atoms with Gasteiger partial charge in [0.15, 0.2) is 0 Å². The predicted molar refractivity (Wildman–Crippen MR) is 40.0 cm³/mol. The van der Waals surface area contributed by atoms with E-state index in [0.29, 0.717) is 5.69 Å². The molecule has 1 aromatic heterocycles. The average molecular weight is 153 g/mol. The highest BCUT2D eigenvalue weighted by atomic mass is 16.6. The van der Waals surface area contributed by atoms with Crippen molar-refractivity contribution in [2.24, 2.45) is 0 Å². The molecule has 58 valence electrons. The highest BCUT2D eigenvalue weighted by Gasteiger charge is 2.07. The molecule has 5 nitrogen and oxygen atoms in total. The van der Waals surface area contributed by atoms with Gasteiger partial charge < -0.3 is 15.8 Å². The molecule has 0 unspecified atom stereocenters. The summed E-state index contributed by atoms with van der Waals surface area (Å²) in [6, 6.07) is 1.25. The number of hydrogen-bond donors (Lipinski definition) is 1. The SMILES string of the molecule is Cc1cnc([N+](=O)[O-])cc1N. The first kappa shape index (κ1) is 7.46. The Balaban J connectivity index is 3.15. The van der Waals surface area contributed by atoms with E-state index >= 15 is 0 Å². The Kier molecular flexibility index (Phi) is 1.72. The third-order valence-electron chi connectivity index (χ3n) is 1.32. The van der Waals surface area contributed by atoms with Gasteiger partial charge in [-0.15, -0.1) is 0 Å². The Hall–Kier alpha value is -1.65. The number of pyridine rings is 1. The van der Waals surface area contributed by atoms with Gasteiger partial charge in [-0.1, -0.05) is 0 Å². The Labute approximate surface area is 63.0 Å². The van der Waals surface area contributed by atoms with E-state index in [-0.39, 0.29) is 5.82 Å². The molecule has 2 N–H and O–H groups in total. The topological polar surface area (TPSA) is 82.0 Å². The second-order valence-corrected chi connectivity index (χ2v) is 2.16. The van der Waals surface area contributed by atoms with Crippen LogP contribution in [0.4, 0.5) is 11.5 Å². The minimum Gasteiger partial charge on any atom is -0.398 e. The lowest BCUT2D eigenvalue weighted by molar-refractivity contribution is -0.389. The molecule has 0 aromatic carbocycles. The van der Waals surface area contributed by atoms with Gasteiger partial charge in [-0.2, -0.15) is 0 Å². The van der Waals surface area contributed by atoms with Crippen LogP contribution in [0.2, 0.25) is 0 Å². The number of nitrogen functional groups attached to an aromatic ring is 1. The molecular formula is C6H7N3O2. The number of rotatable bonds is 1. The molecule has 0 aliphatic carbocycles. The molecule has 1 rings (SSSR count). The number of aryl methyl sites for hydroxylation is 1. The number of nitrogens with two attached hydrogens (primary N) is 1. The maximum Gasteiger partial charge on any atom is 0.365 e. The van der Waals surface area contributed by atoms with Crippen LogP contribution in [0.25, 0.3) is 0 Å². The average Bonchev–Trinajstić information content (AvgIpc) is 1.94. The zero-order valence-corrected chi connectivity index (χ0v) is 5.94. The van der Waals surface area contributed by atoms with Crippen molar-refractivity contribution in [3.8, 4) is 0 Å². The summed E-state index contributed by atoms with van der Waals surface area (Å²) >= 11 is 0. The minimum absolute atomic E-state index is 0.215. The van der Waals surface area contributed by atoms with Gasteiger partial charge in [-0.05, 0) is 16.8 Å². The van der Waals surface area contributed by atoms with Crippen molar-refractivity contribution in [1.29, 1.82) is 0 Å². The Morgan fingerprint density at radius 3 is 2.82 bits per heavy atom. The molecule has 0 saturated carbocycles. The molecular weight excluding hydrogens is 146 g/mol. The van der Waals surface area contributed by atoms with Crippen molar-refractivity contribution in [2.75, 3.05) is 5.73 Å². The van der Waals surface area contributed by atoms with Crippen molar-refractivity contribution >= 4 is 11.5 Å². The van der Waals surface area contributed by atoms with E-state index in [9.17, 15) is 10.1 Å². The van der Waals surface area contributed by atoms with E-state index in [1.54, 1.807) is 6.92 Å². The Bertz CT molecular complexity index is 298. The lowest BCUT2D eigenvalue weighted by atomic mass is 10.3. The summed E-state index contributed by atoms with van der Waals surface area (Å²) in [6.45, 7) is 1.74. The molecule has 0 aliphatic rings. The fraction of sp³-hybridized carbons (Fsp3) is 0.167. The van der Waals surface area contributed by atoms with Gasteiger partial charge in [0, 0.05) is 11.3 Å². The maximum absolute atomic E-state index is 10.2. The van der Waals surface area contributed by atoms with E-state index in [1.807, 2.05) is 0 Å². The second-order valence-electron chi connectivity index (χ2n) is 2.16. The van der Waals surface area contributed by atoms with Gasteiger partial charge in [-0.25, -0.2) is 0 Å². The van der Waals surface area contributed by atoms with Crippen LogP contribution < -0.4 is 5.73 Å². The summed E-state index contributed by atoms with van der Waals surface area (Å²) in [5, 5.41) is 10.2. The zero-order chi connectivity index (χ0) is 8.43. The van der Waals surface area contributed by atoms with Crippen LogP contribution in [-0.4, -0.2) is 9.91 Å². The minimum atomic E-state index is -0.574. The van der Waals surface area contributed by atoms with Crippen LogP contribution in [0.3, 0.4) is 0 Å². The lowest BCUT2D eigenvalue weighted by Gasteiger charge is -1.95. The van der Waals surface area contributed by atoms with Gasteiger partial charge in [0.1, 0.15) is 6.20 Å². The fourth-order valence-corrected chi connectivity index (χ4v) is 0.628. The van der Waals surface area contributed by atoms with Crippen molar-refractivity contribution in [3.63, 3.8) is 0 Å². The second kappa shape index (κ2) is 2.53. The number of anilines is 1. The first-order valence-electron chi connectivity index (χ1n) is 2.98. The van der Waals surface area contributed by atoms with Crippen LogP contribution in [0.5, 0.6) is 0 Å². The molecule has 0 spiro atoms. The molecule has 1 aromatic rings. The first-order valence-corrected chi connectivity index (χ1v) is 2.98. The van der Waals surface area contributed by atoms with E-state index in [1.165, 1.54) is 12.3 Å². The van der Waals surface area contributed by atoms with Crippen LogP contribution in [0.15, 0.2) is 12.3 Å². The molecule has 0 atom stereocenters. The van der Waals surface area contributed by atoms with Crippen LogP contribution in [-0.2, 0) is 0 Å². The van der Waals surface area contributed by atoms with E-state index < -0.39 is 4.92 Å². The van der Waals surface area contributed by atoms with Crippen molar-refractivity contribution in [1.82, 2.24) is 4.98 Å². The molecule has 1 heterocycles. The van der Waals surface area contributed by atoms with Gasteiger partial charge in [-0.3, -0.25) is 0 Å². The van der Waals surface area contributed by atoms with Gasteiger partial charge in [0.05, 0.1) is 6.07 Å². The van der Waals surface area contributed by atoms with Gasteiger partial charge in [0.2, 0.25) is 0 Å². The number of hydrogen-bond acceptors (Lipinski definition) is 4. The van der Waals surface area contributed by atoms with Crippen molar-refractivity contribution in [2.45, 2.75) is 6.92 Å². The van der Waals surface area contributed by atoms with Gasteiger partial charge in [0.25, 0.3) is 0 Å². The molecule has 0 radical (unpaired) electrons. The Morgan fingerprint density at radius 1 is 1.73 bits per heavy atom. The zero-order valence-electron chi connectivity index (χ0n) is 5.94. The maximum atomic E-state index is 10.2. The molecule has 0 saturated heterocycles. The smallest absolute Gasteiger partial charge is 0.365 e. The number of nitro groups is 1. The molecule has 0 bridgehead atoms. The third-order valence-corrected chi connectivity index (χ3v) is 1.32. The monoisotopic (exact) mass is 153 g/mol. The van der Waals surface area contributed by atoms with E-state index in [0.717, 1.165) is 5.56 Å².